The summed E-state index contributed by atoms with van der Waals surface area (Å²) in [7, 11) is -4.19. The maximum atomic E-state index is 11.4. The quantitative estimate of drug-likeness (QED) is 0.236. The number of aliphatic hydroxyl groups excluding tert-OH is 1. The van der Waals surface area contributed by atoms with Gasteiger partial charge in [-0.05, 0) is 25.7 Å². The Labute approximate surface area is 178 Å². The van der Waals surface area contributed by atoms with Gasteiger partial charge in [-0.15, -0.1) is 0 Å². The molecule has 0 spiro atoms. The third kappa shape index (κ3) is 18.0. The molecule has 0 aliphatic rings. The standard InChI is InChI=1S/C19H40O4S.Na/c1-3-5-6-7-8-9-10-11-16-19(24(21,22)23)17-13-12-15-18(20)14-4-2;/h18-20H,3-17H2,1-2H3,(H,21,22,23);/q;+1/p-1. The topological polar surface area (TPSA) is 77.4 Å². The first-order valence-corrected chi connectivity index (χ1v) is 11.5. The molecule has 0 amide bonds. The largest absolute Gasteiger partial charge is 1.00 e. The predicted octanol–water partition coefficient (Wildman–Crippen LogP) is 2.16. The van der Waals surface area contributed by atoms with Gasteiger partial charge >= 0.3 is 29.6 Å². The van der Waals surface area contributed by atoms with E-state index in [0.29, 0.717) is 25.7 Å². The van der Waals surface area contributed by atoms with E-state index in [0.717, 1.165) is 38.5 Å². The molecule has 0 saturated heterocycles. The maximum Gasteiger partial charge on any atom is 1.00 e. The predicted molar refractivity (Wildman–Crippen MR) is 100 cm³/mol. The zero-order valence-corrected chi connectivity index (χ0v) is 19.7. The molecule has 0 rings (SSSR count). The third-order valence-electron chi connectivity index (χ3n) is 4.72. The fraction of sp³-hybridized carbons (Fsp3) is 1.00. The summed E-state index contributed by atoms with van der Waals surface area (Å²) < 4.78 is 34.2. The molecule has 0 aromatic heterocycles. The molecule has 2 atom stereocenters. The second-order valence-electron chi connectivity index (χ2n) is 7.11. The summed E-state index contributed by atoms with van der Waals surface area (Å²) >= 11 is 0. The molecule has 0 radical (unpaired) electrons. The van der Waals surface area contributed by atoms with E-state index in [4.69, 9.17) is 0 Å². The Kier molecular flexibility index (Phi) is 20.5. The first-order chi connectivity index (χ1) is 11.4. The molecule has 2 unspecified atom stereocenters. The van der Waals surface area contributed by atoms with Crippen LogP contribution in [0.3, 0.4) is 0 Å². The second kappa shape index (κ2) is 18.2. The van der Waals surface area contributed by atoms with Gasteiger partial charge in [0.05, 0.1) is 16.2 Å². The Balaban J connectivity index is 0. The van der Waals surface area contributed by atoms with Crippen LogP contribution in [0.25, 0.3) is 0 Å². The first-order valence-electron chi connectivity index (χ1n) is 10.0. The van der Waals surface area contributed by atoms with Crippen molar-refractivity contribution in [2.75, 3.05) is 0 Å². The molecular weight excluding hydrogens is 347 g/mol. The SMILES string of the molecule is CCCCCCCCCCC(CCCCC(O)CCC)S(=O)(=O)[O-].[Na+]. The van der Waals surface area contributed by atoms with Crippen LogP contribution in [0.5, 0.6) is 0 Å². The molecule has 146 valence electrons. The fourth-order valence-corrected chi connectivity index (χ4v) is 4.08. The van der Waals surface area contributed by atoms with E-state index in [1.165, 1.54) is 32.1 Å². The van der Waals surface area contributed by atoms with Gasteiger partial charge < -0.3 is 9.66 Å². The van der Waals surface area contributed by atoms with Gasteiger partial charge in [-0.3, -0.25) is 0 Å². The average Bonchev–Trinajstić information content (AvgIpc) is 2.51. The van der Waals surface area contributed by atoms with E-state index in [-0.39, 0.29) is 35.7 Å². The molecule has 1 N–H and O–H groups in total. The molecule has 0 aliphatic heterocycles. The molecule has 0 aromatic rings. The van der Waals surface area contributed by atoms with Gasteiger partial charge in [-0.2, -0.15) is 0 Å². The van der Waals surface area contributed by atoms with Crippen LogP contribution in [0, 0.1) is 0 Å². The molecule has 0 aliphatic carbocycles. The summed E-state index contributed by atoms with van der Waals surface area (Å²) in [4.78, 5) is 0. The van der Waals surface area contributed by atoms with Crippen molar-refractivity contribution in [3.8, 4) is 0 Å². The van der Waals surface area contributed by atoms with Gasteiger partial charge in [0.15, 0.2) is 0 Å². The van der Waals surface area contributed by atoms with Crippen LogP contribution in [0.2, 0.25) is 0 Å². The number of aliphatic hydroxyl groups is 1. The van der Waals surface area contributed by atoms with Crippen LogP contribution in [0.15, 0.2) is 0 Å². The Morgan fingerprint density at radius 3 is 1.64 bits per heavy atom. The van der Waals surface area contributed by atoms with Crippen molar-refractivity contribution in [2.45, 2.75) is 122 Å². The van der Waals surface area contributed by atoms with E-state index in [2.05, 4.69) is 6.92 Å². The minimum Gasteiger partial charge on any atom is -0.748 e. The van der Waals surface area contributed by atoms with Crippen molar-refractivity contribution in [1.29, 1.82) is 0 Å². The summed E-state index contributed by atoms with van der Waals surface area (Å²) in [5.74, 6) is 0. The van der Waals surface area contributed by atoms with Gasteiger partial charge in [0.1, 0.15) is 0 Å². The molecule has 4 nitrogen and oxygen atoms in total. The maximum absolute atomic E-state index is 11.4. The molecule has 0 bridgehead atoms. The van der Waals surface area contributed by atoms with Crippen LogP contribution in [0.1, 0.15) is 110 Å². The Morgan fingerprint density at radius 1 is 0.720 bits per heavy atom. The van der Waals surface area contributed by atoms with Crippen molar-refractivity contribution in [3.05, 3.63) is 0 Å². The van der Waals surface area contributed by atoms with E-state index in [1.807, 2.05) is 6.92 Å². The summed E-state index contributed by atoms with van der Waals surface area (Å²) in [5.41, 5.74) is 0. The van der Waals surface area contributed by atoms with Crippen molar-refractivity contribution >= 4 is 10.1 Å². The monoisotopic (exact) mass is 386 g/mol. The Hall–Kier alpha value is 0.870. The zero-order chi connectivity index (χ0) is 18.3. The van der Waals surface area contributed by atoms with Gasteiger partial charge in [-0.1, -0.05) is 84.5 Å². The molecule has 6 heteroatoms. The van der Waals surface area contributed by atoms with Crippen LogP contribution < -0.4 is 29.6 Å². The van der Waals surface area contributed by atoms with Crippen LogP contribution in [-0.4, -0.2) is 29.4 Å². The summed E-state index contributed by atoms with van der Waals surface area (Å²) in [6.45, 7) is 4.24. The second-order valence-corrected chi connectivity index (χ2v) is 8.76. The fourth-order valence-electron chi connectivity index (χ4n) is 3.17. The molecule has 0 heterocycles. The molecule has 0 fully saturated rings. The minimum atomic E-state index is -4.19. The Morgan fingerprint density at radius 2 is 1.16 bits per heavy atom. The first kappa shape index (κ1) is 28.1. The summed E-state index contributed by atoms with van der Waals surface area (Å²) in [6.07, 6.45) is 13.9. The third-order valence-corrected chi connectivity index (χ3v) is 6.01. The van der Waals surface area contributed by atoms with Crippen LogP contribution in [-0.2, 0) is 10.1 Å². The van der Waals surface area contributed by atoms with E-state index >= 15 is 0 Å². The van der Waals surface area contributed by atoms with Crippen molar-refractivity contribution < 1.29 is 47.6 Å². The normalized spacial score (nSPS) is 14.1. The number of unbranched alkanes of at least 4 members (excludes halogenated alkanes) is 8. The molecule has 0 saturated carbocycles. The van der Waals surface area contributed by atoms with Crippen molar-refractivity contribution in [1.82, 2.24) is 0 Å². The van der Waals surface area contributed by atoms with Gasteiger partial charge in [0.2, 0.25) is 0 Å². The minimum absolute atomic E-state index is 0. The van der Waals surface area contributed by atoms with Gasteiger partial charge in [0.25, 0.3) is 0 Å². The summed E-state index contributed by atoms with van der Waals surface area (Å²) in [6, 6.07) is 0. The van der Waals surface area contributed by atoms with Crippen molar-refractivity contribution in [3.63, 3.8) is 0 Å². The van der Waals surface area contributed by atoms with Gasteiger partial charge in [0, 0.05) is 5.25 Å². The van der Waals surface area contributed by atoms with Gasteiger partial charge in [-0.25, -0.2) is 8.42 Å². The van der Waals surface area contributed by atoms with E-state index < -0.39 is 15.4 Å². The smallest absolute Gasteiger partial charge is 0.748 e. The van der Waals surface area contributed by atoms with Crippen LogP contribution in [0.4, 0.5) is 0 Å². The number of rotatable bonds is 17. The Bertz CT molecular complexity index is 374. The van der Waals surface area contributed by atoms with E-state index in [1.54, 1.807) is 0 Å². The molecule has 0 aromatic carbocycles. The van der Waals surface area contributed by atoms with E-state index in [9.17, 15) is 18.1 Å². The zero-order valence-electron chi connectivity index (χ0n) is 16.8. The number of hydrogen-bond acceptors (Lipinski definition) is 4. The molecule has 25 heavy (non-hydrogen) atoms. The average molecular weight is 387 g/mol. The molecular formula is C19H39NaO4S. The van der Waals surface area contributed by atoms with Crippen LogP contribution >= 0.6 is 0 Å². The van der Waals surface area contributed by atoms with Crippen molar-refractivity contribution in [2.24, 2.45) is 0 Å². The number of hydrogen-bond donors (Lipinski definition) is 1. The summed E-state index contributed by atoms with van der Waals surface area (Å²) in [5, 5.41) is 8.94.